The van der Waals surface area contributed by atoms with Crippen LogP contribution in [0.3, 0.4) is 0 Å². The van der Waals surface area contributed by atoms with Gasteiger partial charge in [-0.2, -0.15) is 0 Å². The lowest BCUT2D eigenvalue weighted by Crippen LogP contribution is -2.18. The summed E-state index contributed by atoms with van der Waals surface area (Å²) in [6.45, 7) is 9.62. The molecule has 0 fully saturated rings. The minimum Gasteiger partial charge on any atom is -0.377 e. The number of halogens is 1. The van der Waals surface area contributed by atoms with Crippen LogP contribution in [0.15, 0.2) is 18.2 Å². The molecule has 0 bridgehead atoms. The molecule has 0 aliphatic carbocycles. The minimum atomic E-state index is -0.110. The molecule has 0 amide bonds. The van der Waals surface area contributed by atoms with Crippen molar-refractivity contribution in [2.75, 3.05) is 6.61 Å². The maximum atomic E-state index is 6.26. The van der Waals surface area contributed by atoms with E-state index in [-0.39, 0.29) is 11.5 Å². The van der Waals surface area contributed by atoms with E-state index in [1.54, 1.807) is 0 Å². The maximum absolute atomic E-state index is 6.26. The molecule has 1 heterocycles. The van der Waals surface area contributed by atoms with Crippen molar-refractivity contribution < 1.29 is 4.74 Å². The third-order valence-corrected chi connectivity index (χ3v) is 3.38. The van der Waals surface area contributed by atoms with Crippen molar-refractivity contribution in [2.24, 2.45) is 0 Å². The van der Waals surface area contributed by atoms with Crippen molar-refractivity contribution in [3.63, 3.8) is 0 Å². The third-order valence-electron chi connectivity index (χ3n) is 3.18. The number of fused-ring (bicyclic) bond motifs is 1. The van der Waals surface area contributed by atoms with Gasteiger partial charge >= 0.3 is 0 Å². The molecule has 4 heteroatoms. The Balaban J connectivity index is 2.46. The lowest BCUT2D eigenvalue weighted by Gasteiger charge is -2.16. The molecule has 0 saturated carbocycles. The molecular weight excluding hydrogens is 260 g/mol. The lowest BCUT2D eigenvalue weighted by molar-refractivity contribution is 0.0642. The van der Waals surface area contributed by atoms with Gasteiger partial charge < -0.3 is 9.30 Å². The third kappa shape index (κ3) is 3.10. The Bertz CT molecular complexity index is 563. The van der Waals surface area contributed by atoms with E-state index in [4.69, 9.17) is 16.3 Å². The topological polar surface area (TPSA) is 27.1 Å². The number of ether oxygens (including phenoxy) is 1. The first-order valence-corrected chi connectivity index (χ1v) is 7.19. The van der Waals surface area contributed by atoms with E-state index in [1.165, 1.54) is 5.56 Å². The number of benzene rings is 1. The van der Waals surface area contributed by atoms with Crippen LogP contribution in [-0.4, -0.2) is 22.3 Å². The Hall–Kier alpha value is -1.06. The van der Waals surface area contributed by atoms with Crippen molar-refractivity contribution in [1.82, 2.24) is 9.55 Å². The van der Waals surface area contributed by atoms with E-state index in [9.17, 15) is 0 Å². The Morgan fingerprint density at radius 2 is 2.11 bits per heavy atom. The Morgan fingerprint density at radius 1 is 1.37 bits per heavy atom. The Kier molecular flexibility index (Phi) is 4.48. The van der Waals surface area contributed by atoms with Gasteiger partial charge in [-0.05, 0) is 45.4 Å². The molecule has 2 rings (SSSR count). The van der Waals surface area contributed by atoms with Gasteiger partial charge in [-0.3, -0.25) is 0 Å². The molecule has 1 aromatic carbocycles. The van der Waals surface area contributed by atoms with Crippen molar-refractivity contribution in [2.45, 2.75) is 45.7 Å². The highest BCUT2D eigenvalue weighted by atomic mass is 35.5. The highest BCUT2D eigenvalue weighted by Gasteiger charge is 2.16. The molecule has 104 valence electrons. The molecule has 19 heavy (non-hydrogen) atoms. The van der Waals surface area contributed by atoms with Crippen molar-refractivity contribution >= 4 is 22.6 Å². The number of aryl methyl sites for hydroxylation is 1. The van der Waals surface area contributed by atoms with Gasteiger partial charge in [0.1, 0.15) is 5.82 Å². The van der Waals surface area contributed by atoms with Gasteiger partial charge in [0.05, 0.1) is 29.1 Å². The number of rotatable bonds is 5. The molecule has 2 unspecified atom stereocenters. The molecule has 0 aliphatic rings. The predicted octanol–water partition coefficient (Wildman–Crippen LogP) is 4.07. The van der Waals surface area contributed by atoms with Gasteiger partial charge in [0, 0.05) is 6.61 Å². The molecule has 2 aromatic rings. The highest BCUT2D eigenvalue weighted by molar-refractivity contribution is 6.20. The standard InChI is InChI=1S/C15H21ClN2O/c1-5-19-11(3)9-18-14-7-6-10(2)8-13(14)17-15(18)12(4)16/h6-8,11-12H,5,9H2,1-4H3. The highest BCUT2D eigenvalue weighted by Crippen LogP contribution is 2.25. The Morgan fingerprint density at radius 3 is 2.74 bits per heavy atom. The second kappa shape index (κ2) is 5.93. The summed E-state index contributed by atoms with van der Waals surface area (Å²) in [5, 5.41) is -0.110. The van der Waals surface area contributed by atoms with Crippen LogP contribution in [-0.2, 0) is 11.3 Å². The smallest absolute Gasteiger partial charge is 0.127 e. The van der Waals surface area contributed by atoms with Crippen LogP contribution < -0.4 is 0 Å². The van der Waals surface area contributed by atoms with E-state index >= 15 is 0 Å². The molecule has 0 saturated heterocycles. The normalized spacial score (nSPS) is 14.8. The number of hydrogen-bond acceptors (Lipinski definition) is 2. The van der Waals surface area contributed by atoms with Crippen LogP contribution in [0, 0.1) is 6.92 Å². The van der Waals surface area contributed by atoms with Gasteiger partial charge in [0.25, 0.3) is 0 Å². The first-order chi connectivity index (χ1) is 9.02. The molecular formula is C15H21ClN2O. The van der Waals surface area contributed by atoms with Gasteiger partial charge in [-0.25, -0.2) is 4.98 Å². The van der Waals surface area contributed by atoms with Crippen LogP contribution in [0.2, 0.25) is 0 Å². The van der Waals surface area contributed by atoms with Gasteiger partial charge in [-0.15, -0.1) is 11.6 Å². The summed E-state index contributed by atoms with van der Waals surface area (Å²) in [5.41, 5.74) is 3.34. The second-order valence-electron chi connectivity index (χ2n) is 4.95. The summed E-state index contributed by atoms with van der Waals surface area (Å²) in [7, 11) is 0. The average Bonchev–Trinajstić information content (AvgIpc) is 2.67. The molecule has 0 radical (unpaired) electrons. The van der Waals surface area contributed by atoms with E-state index in [0.717, 1.165) is 30.0 Å². The minimum absolute atomic E-state index is 0.110. The number of alkyl halides is 1. The zero-order valence-corrected chi connectivity index (χ0v) is 12.7. The first-order valence-electron chi connectivity index (χ1n) is 6.75. The summed E-state index contributed by atoms with van der Waals surface area (Å²) in [4.78, 5) is 4.66. The molecule has 0 spiro atoms. The molecule has 0 aliphatic heterocycles. The summed E-state index contributed by atoms with van der Waals surface area (Å²) in [5.74, 6) is 0.911. The van der Waals surface area contributed by atoms with Crippen molar-refractivity contribution in [3.05, 3.63) is 29.6 Å². The van der Waals surface area contributed by atoms with Crippen molar-refractivity contribution in [1.29, 1.82) is 0 Å². The maximum Gasteiger partial charge on any atom is 0.127 e. The molecule has 0 N–H and O–H groups in total. The van der Waals surface area contributed by atoms with E-state index in [0.29, 0.717) is 0 Å². The fourth-order valence-corrected chi connectivity index (χ4v) is 2.51. The van der Waals surface area contributed by atoms with E-state index in [1.807, 2.05) is 13.8 Å². The molecule has 3 nitrogen and oxygen atoms in total. The zero-order valence-electron chi connectivity index (χ0n) is 12.0. The lowest BCUT2D eigenvalue weighted by atomic mass is 10.2. The van der Waals surface area contributed by atoms with Gasteiger partial charge in [-0.1, -0.05) is 6.07 Å². The van der Waals surface area contributed by atoms with Crippen molar-refractivity contribution in [3.8, 4) is 0 Å². The quantitative estimate of drug-likeness (QED) is 0.772. The monoisotopic (exact) mass is 280 g/mol. The predicted molar refractivity (Wildman–Crippen MR) is 79.8 cm³/mol. The van der Waals surface area contributed by atoms with Crippen LogP contribution in [0.1, 0.15) is 37.5 Å². The number of imidazole rings is 1. The van der Waals surface area contributed by atoms with E-state index in [2.05, 4.69) is 41.6 Å². The molecule has 1 aromatic heterocycles. The summed E-state index contributed by atoms with van der Waals surface area (Å²) >= 11 is 6.26. The summed E-state index contributed by atoms with van der Waals surface area (Å²) < 4.78 is 7.80. The van der Waals surface area contributed by atoms with Crippen LogP contribution in [0.4, 0.5) is 0 Å². The summed E-state index contributed by atoms with van der Waals surface area (Å²) in [6, 6.07) is 6.31. The fraction of sp³-hybridized carbons (Fsp3) is 0.533. The number of aromatic nitrogens is 2. The van der Waals surface area contributed by atoms with Gasteiger partial charge in [0.2, 0.25) is 0 Å². The van der Waals surface area contributed by atoms with Crippen LogP contribution >= 0.6 is 11.6 Å². The second-order valence-corrected chi connectivity index (χ2v) is 5.61. The first kappa shape index (κ1) is 14.4. The largest absolute Gasteiger partial charge is 0.377 e. The number of nitrogens with zero attached hydrogens (tertiary/aromatic N) is 2. The van der Waals surface area contributed by atoms with Crippen LogP contribution in [0.5, 0.6) is 0 Å². The van der Waals surface area contributed by atoms with Gasteiger partial charge in [0.15, 0.2) is 0 Å². The zero-order chi connectivity index (χ0) is 14.0. The van der Waals surface area contributed by atoms with Crippen LogP contribution in [0.25, 0.3) is 11.0 Å². The van der Waals surface area contributed by atoms with E-state index < -0.39 is 0 Å². The molecule has 2 atom stereocenters. The SMILES string of the molecule is CCOC(C)Cn1c(C(C)Cl)nc2cc(C)ccc21. The average molecular weight is 281 g/mol. The Labute approximate surface area is 119 Å². The fourth-order valence-electron chi connectivity index (χ4n) is 2.35. The number of hydrogen-bond donors (Lipinski definition) is 0. The summed E-state index contributed by atoms with van der Waals surface area (Å²) in [6.07, 6.45) is 0.151.